The van der Waals surface area contributed by atoms with E-state index in [1.165, 1.54) is 11.1 Å². The van der Waals surface area contributed by atoms with Gasteiger partial charge >= 0.3 is 29.6 Å². The van der Waals surface area contributed by atoms with Crippen molar-refractivity contribution in [3.8, 4) is 0 Å². The quantitative estimate of drug-likeness (QED) is 0.751. The average molecular weight is 345 g/mol. The number of aryl methyl sites for hydroxylation is 1. The van der Waals surface area contributed by atoms with E-state index in [0.717, 1.165) is 16.7 Å². The van der Waals surface area contributed by atoms with Gasteiger partial charge in [0.25, 0.3) is 0 Å². The van der Waals surface area contributed by atoms with Crippen LogP contribution < -0.4 is 40.4 Å². The Labute approximate surface area is 172 Å². The second-order valence-electron chi connectivity index (χ2n) is 6.42. The molecule has 0 bridgehead atoms. The second-order valence-corrected chi connectivity index (χ2v) is 6.42. The topological polar surface area (TPSA) is 66.2 Å². The summed E-state index contributed by atoms with van der Waals surface area (Å²) in [6, 6.07) is 15.6. The van der Waals surface area contributed by atoms with Gasteiger partial charge in [-0.15, -0.1) is 0 Å². The third-order valence-electron chi connectivity index (χ3n) is 4.13. The zero-order valence-electron chi connectivity index (χ0n) is 15.5. The molecule has 0 spiro atoms. The Morgan fingerprint density at radius 2 is 1.52 bits per heavy atom. The number of rotatable bonds is 6. The Kier molecular flexibility index (Phi) is 8.60. The van der Waals surface area contributed by atoms with Crippen molar-refractivity contribution in [2.24, 2.45) is 5.73 Å². The number of benzene rings is 2. The monoisotopic (exact) mass is 345 g/mol. The SMILES string of the molecule is Cc1ccc(/C(=C\CC(N)C(=O)[O-])c2ccc(C(C)C)cc2)cc1.[Na+]. The van der Waals surface area contributed by atoms with Crippen LogP contribution in [0.4, 0.5) is 0 Å². The summed E-state index contributed by atoms with van der Waals surface area (Å²) in [7, 11) is 0. The van der Waals surface area contributed by atoms with Crippen LogP contribution in [0.15, 0.2) is 54.6 Å². The number of carbonyl (C=O) groups excluding carboxylic acids is 1. The second kappa shape index (κ2) is 9.93. The fraction of sp³-hybridized carbons (Fsp3) is 0.286. The number of nitrogens with two attached hydrogens (primary N) is 1. The van der Waals surface area contributed by atoms with Crippen LogP contribution in [0.2, 0.25) is 0 Å². The molecule has 0 amide bonds. The molecule has 0 fully saturated rings. The smallest absolute Gasteiger partial charge is 0.548 e. The van der Waals surface area contributed by atoms with Gasteiger partial charge in [-0.25, -0.2) is 0 Å². The minimum atomic E-state index is -1.23. The standard InChI is InChI=1S/C21H25NO2.Na/c1-14(2)16-8-10-18(11-9-16)19(12-13-20(22)21(23)24)17-6-4-15(3)5-7-17;/h4-12,14,20H,13,22H2,1-3H3,(H,23,24);/q;+1/p-1/b19-12+;. The zero-order valence-corrected chi connectivity index (χ0v) is 17.5. The number of carboxylic acid groups (broad SMARTS) is 1. The molecule has 2 N–H and O–H groups in total. The van der Waals surface area contributed by atoms with Crippen molar-refractivity contribution < 1.29 is 39.5 Å². The summed E-state index contributed by atoms with van der Waals surface area (Å²) in [6.07, 6.45) is 2.12. The van der Waals surface area contributed by atoms with E-state index in [1.54, 1.807) is 0 Å². The molecule has 0 aliphatic heterocycles. The van der Waals surface area contributed by atoms with Crippen molar-refractivity contribution >= 4 is 11.5 Å². The third kappa shape index (κ3) is 6.12. The molecule has 2 aromatic rings. The molecule has 0 aliphatic rings. The minimum absolute atomic E-state index is 0. The van der Waals surface area contributed by atoms with Crippen LogP contribution in [-0.2, 0) is 4.79 Å². The average Bonchev–Trinajstić information content (AvgIpc) is 2.56. The molecule has 1 atom stereocenters. The summed E-state index contributed by atoms with van der Waals surface area (Å²) >= 11 is 0. The molecule has 3 nitrogen and oxygen atoms in total. The zero-order chi connectivity index (χ0) is 17.7. The number of aliphatic carboxylic acids is 1. The Hall–Kier alpha value is -1.39. The predicted octanol–water partition coefficient (Wildman–Crippen LogP) is 0.0214. The molecular weight excluding hydrogens is 321 g/mol. The first-order valence-electron chi connectivity index (χ1n) is 8.22. The van der Waals surface area contributed by atoms with E-state index in [-0.39, 0.29) is 36.0 Å². The molecule has 126 valence electrons. The van der Waals surface area contributed by atoms with E-state index in [0.29, 0.717) is 5.92 Å². The molecule has 0 saturated heterocycles. The van der Waals surface area contributed by atoms with Crippen molar-refractivity contribution in [3.05, 3.63) is 76.9 Å². The number of hydrogen-bond acceptors (Lipinski definition) is 3. The first-order chi connectivity index (χ1) is 11.4. The molecule has 1 unspecified atom stereocenters. The Morgan fingerprint density at radius 1 is 1.04 bits per heavy atom. The van der Waals surface area contributed by atoms with Crippen molar-refractivity contribution in [3.63, 3.8) is 0 Å². The summed E-state index contributed by atoms with van der Waals surface area (Å²) < 4.78 is 0. The molecule has 0 aliphatic carbocycles. The largest absolute Gasteiger partial charge is 1.00 e. The first kappa shape index (κ1) is 21.7. The first-order valence-corrected chi connectivity index (χ1v) is 8.22. The van der Waals surface area contributed by atoms with Crippen LogP contribution in [0.5, 0.6) is 0 Å². The van der Waals surface area contributed by atoms with Gasteiger partial charge in [0.15, 0.2) is 0 Å². The molecule has 2 aromatic carbocycles. The van der Waals surface area contributed by atoms with Gasteiger partial charge in [0.1, 0.15) is 0 Å². The summed E-state index contributed by atoms with van der Waals surface area (Å²) in [5, 5.41) is 10.9. The Morgan fingerprint density at radius 3 is 1.96 bits per heavy atom. The minimum Gasteiger partial charge on any atom is -0.548 e. The van der Waals surface area contributed by atoms with Crippen LogP contribution in [0.25, 0.3) is 5.57 Å². The van der Waals surface area contributed by atoms with Gasteiger partial charge in [0.05, 0.1) is 5.97 Å². The summed E-state index contributed by atoms with van der Waals surface area (Å²) in [5.74, 6) is -0.762. The molecule has 2 rings (SSSR count). The molecule has 0 radical (unpaired) electrons. The van der Waals surface area contributed by atoms with Gasteiger partial charge in [-0.2, -0.15) is 0 Å². The van der Waals surface area contributed by atoms with E-state index in [9.17, 15) is 9.90 Å². The van der Waals surface area contributed by atoms with Gasteiger partial charge < -0.3 is 15.6 Å². The van der Waals surface area contributed by atoms with Crippen molar-refractivity contribution in [2.45, 2.75) is 39.2 Å². The fourth-order valence-corrected chi connectivity index (χ4v) is 2.52. The Balaban J connectivity index is 0.00000312. The van der Waals surface area contributed by atoms with Gasteiger partial charge in [0, 0.05) is 6.04 Å². The predicted molar refractivity (Wildman–Crippen MR) is 96.4 cm³/mol. The van der Waals surface area contributed by atoms with Gasteiger partial charge in [-0.05, 0) is 41.5 Å². The van der Waals surface area contributed by atoms with Crippen molar-refractivity contribution in [1.29, 1.82) is 0 Å². The van der Waals surface area contributed by atoms with E-state index >= 15 is 0 Å². The summed E-state index contributed by atoms with van der Waals surface area (Å²) in [4.78, 5) is 10.9. The van der Waals surface area contributed by atoms with E-state index in [4.69, 9.17) is 5.73 Å². The molecular formula is C21H24NNaO2. The molecule has 25 heavy (non-hydrogen) atoms. The maximum Gasteiger partial charge on any atom is 1.00 e. The normalized spacial score (nSPS) is 12.6. The summed E-state index contributed by atoms with van der Waals surface area (Å²) in [6.45, 7) is 6.35. The maximum atomic E-state index is 10.9. The van der Waals surface area contributed by atoms with Gasteiger partial charge in [-0.3, -0.25) is 0 Å². The maximum absolute atomic E-state index is 10.9. The summed E-state index contributed by atoms with van der Waals surface area (Å²) in [5.41, 5.74) is 11.1. The van der Waals surface area contributed by atoms with Gasteiger partial charge in [-0.1, -0.05) is 74.0 Å². The van der Waals surface area contributed by atoms with Crippen LogP contribution in [0, 0.1) is 6.92 Å². The van der Waals surface area contributed by atoms with E-state index in [1.807, 2.05) is 37.3 Å². The van der Waals surface area contributed by atoms with Gasteiger partial charge in [0.2, 0.25) is 0 Å². The molecule has 4 heteroatoms. The van der Waals surface area contributed by atoms with Crippen molar-refractivity contribution in [2.75, 3.05) is 0 Å². The van der Waals surface area contributed by atoms with Crippen molar-refractivity contribution in [1.82, 2.24) is 0 Å². The van der Waals surface area contributed by atoms with Crippen LogP contribution in [0.1, 0.15) is 48.4 Å². The number of carbonyl (C=O) groups is 1. The van der Waals surface area contributed by atoms with E-state index < -0.39 is 12.0 Å². The third-order valence-corrected chi connectivity index (χ3v) is 4.13. The fourth-order valence-electron chi connectivity index (χ4n) is 2.52. The van der Waals surface area contributed by atoms with Crippen LogP contribution in [0.3, 0.4) is 0 Å². The molecule has 0 aromatic heterocycles. The van der Waals surface area contributed by atoms with Crippen LogP contribution >= 0.6 is 0 Å². The van der Waals surface area contributed by atoms with E-state index in [2.05, 4.69) is 38.1 Å². The number of hydrogen-bond donors (Lipinski definition) is 1. The molecule has 0 saturated carbocycles. The molecule has 0 heterocycles. The Bertz CT molecular complexity index is 719. The van der Waals surface area contributed by atoms with Crippen LogP contribution in [-0.4, -0.2) is 12.0 Å². The number of carboxylic acids is 1.